The van der Waals surface area contributed by atoms with Crippen LogP contribution in [0.4, 0.5) is 13.2 Å². The quantitative estimate of drug-likeness (QED) is 0.311. The fourth-order valence-electron chi connectivity index (χ4n) is 3.48. The number of benzene rings is 2. The lowest BCUT2D eigenvalue weighted by atomic mass is 10.0. The standard InChI is InChI=1S/C24H20F3N3O2S/c1-14-12-19(8-4-15(14)5-9-20(31)32)33-13-17-10-11-28-23-21(17)29-22(30-23)16-2-6-18(7-3-16)24(25,26)27/h2-4,6-8,10-12H,5,9,13H2,1H3,(H,31,32)(H,28,29,30). The van der Waals surface area contributed by atoms with Gasteiger partial charge in [0.15, 0.2) is 5.65 Å². The molecule has 0 bridgehead atoms. The molecule has 2 heterocycles. The van der Waals surface area contributed by atoms with Crippen molar-refractivity contribution in [2.45, 2.75) is 36.6 Å². The number of fused-ring (bicyclic) bond motifs is 1. The van der Waals surface area contributed by atoms with E-state index in [4.69, 9.17) is 5.11 Å². The first-order chi connectivity index (χ1) is 15.7. The molecule has 2 N–H and O–H groups in total. The number of halogens is 3. The Morgan fingerprint density at radius 2 is 1.85 bits per heavy atom. The monoisotopic (exact) mass is 471 g/mol. The van der Waals surface area contributed by atoms with Crippen LogP contribution < -0.4 is 0 Å². The van der Waals surface area contributed by atoms with Gasteiger partial charge < -0.3 is 10.1 Å². The van der Waals surface area contributed by atoms with E-state index in [2.05, 4.69) is 15.0 Å². The van der Waals surface area contributed by atoms with Gasteiger partial charge >= 0.3 is 12.1 Å². The van der Waals surface area contributed by atoms with Gasteiger partial charge in [-0.2, -0.15) is 13.2 Å². The Balaban J connectivity index is 1.52. The molecule has 0 saturated carbocycles. The summed E-state index contributed by atoms with van der Waals surface area (Å²) < 4.78 is 38.5. The smallest absolute Gasteiger partial charge is 0.416 e. The number of carboxylic acids is 1. The number of pyridine rings is 1. The summed E-state index contributed by atoms with van der Waals surface area (Å²) in [7, 11) is 0. The maximum atomic E-state index is 12.8. The van der Waals surface area contributed by atoms with Crippen molar-refractivity contribution in [3.05, 3.63) is 77.0 Å². The molecule has 0 radical (unpaired) electrons. The maximum Gasteiger partial charge on any atom is 0.416 e. The number of hydrogen-bond donors (Lipinski definition) is 2. The highest BCUT2D eigenvalue weighted by Crippen LogP contribution is 2.32. The molecule has 0 aliphatic carbocycles. The second-order valence-electron chi connectivity index (χ2n) is 7.60. The Bertz CT molecular complexity index is 1300. The van der Waals surface area contributed by atoms with Crippen molar-refractivity contribution in [1.82, 2.24) is 15.0 Å². The first-order valence-electron chi connectivity index (χ1n) is 10.2. The van der Waals surface area contributed by atoms with Gasteiger partial charge in [-0.05, 0) is 60.4 Å². The topological polar surface area (TPSA) is 78.9 Å². The van der Waals surface area contributed by atoms with Crippen molar-refractivity contribution in [3.63, 3.8) is 0 Å². The predicted octanol–water partition coefficient (Wildman–Crippen LogP) is 6.26. The number of carboxylic acid groups (broad SMARTS) is 1. The summed E-state index contributed by atoms with van der Waals surface area (Å²) in [6.45, 7) is 1.97. The molecule has 5 nitrogen and oxygen atoms in total. The Kier molecular flexibility index (Phi) is 6.42. The molecular formula is C24H20F3N3O2S. The van der Waals surface area contributed by atoms with Crippen molar-refractivity contribution < 1.29 is 23.1 Å². The van der Waals surface area contributed by atoms with Gasteiger partial charge in [-0.25, -0.2) is 9.97 Å². The molecule has 0 aliphatic rings. The van der Waals surface area contributed by atoms with E-state index in [1.54, 1.807) is 18.0 Å². The number of imidazole rings is 1. The minimum atomic E-state index is -4.38. The Hall–Kier alpha value is -3.33. The molecule has 4 aromatic rings. The second kappa shape index (κ2) is 9.27. The molecule has 170 valence electrons. The zero-order chi connectivity index (χ0) is 23.6. The third kappa shape index (κ3) is 5.36. The number of aromatic nitrogens is 3. The van der Waals surface area contributed by atoms with Crippen LogP contribution in [0, 0.1) is 6.92 Å². The van der Waals surface area contributed by atoms with Gasteiger partial charge in [0, 0.05) is 28.8 Å². The molecule has 0 aliphatic heterocycles. The number of aryl methyl sites for hydroxylation is 2. The lowest BCUT2D eigenvalue weighted by Gasteiger charge is -2.08. The normalized spacial score (nSPS) is 11.8. The molecular weight excluding hydrogens is 451 g/mol. The minimum Gasteiger partial charge on any atom is -0.481 e. The Morgan fingerprint density at radius 3 is 2.52 bits per heavy atom. The van der Waals surface area contributed by atoms with E-state index in [1.807, 2.05) is 31.2 Å². The highest BCUT2D eigenvalue weighted by molar-refractivity contribution is 7.98. The first kappa shape index (κ1) is 22.8. The van der Waals surface area contributed by atoms with E-state index >= 15 is 0 Å². The van der Waals surface area contributed by atoms with Crippen LogP contribution in [0.3, 0.4) is 0 Å². The number of thioether (sulfide) groups is 1. The van der Waals surface area contributed by atoms with Crippen LogP contribution in [0.5, 0.6) is 0 Å². The molecule has 0 fully saturated rings. The minimum absolute atomic E-state index is 0.101. The number of alkyl halides is 3. The average molecular weight is 472 g/mol. The van der Waals surface area contributed by atoms with Gasteiger partial charge in [0.1, 0.15) is 5.82 Å². The summed E-state index contributed by atoms with van der Waals surface area (Å²) in [5.74, 6) is 0.286. The van der Waals surface area contributed by atoms with Gasteiger partial charge in [0.2, 0.25) is 0 Å². The fourth-order valence-corrected chi connectivity index (χ4v) is 4.47. The van der Waals surface area contributed by atoms with Crippen molar-refractivity contribution in [2.75, 3.05) is 0 Å². The molecule has 0 atom stereocenters. The highest BCUT2D eigenvalue weighted by Gasteiger charge is 2.30. The van der Waals surface area contributed by atoms with E-state index in [9.17, 15) is 18.0 Å². The molecule has 0 spiro atoms. The van der Waals surface area contributed by atoms with E-state index in [-0.39, 0.29) is 6.42 Å². The largest absolute Gasteiger partial charge is 0.481 e. The number of hydrogen-bond acceptors (Lipinski definition) is 4. The van der Waals surface area contributed by atoms with Crippen molar-refractivity contribution in [1.29, 1.82) is 0 Å². The fraction of sp³-hybridized carbons (Fsp3) is 0.208. The summed E-state index contributed by atoms with van der Waals surface area (Å²) in [6, 6.07) is 12.7. The van der Waals surface area contributed by atoms with Gasteiger partial charge in [-0.15, -0.1) is 11.8 Å². The molecule has 0 amide bonds. The molecule has 2 aromatic carbocycles. The lowest BCUT2D eigenvalue weighted by Crippen LogP contribution is -2.04. The first-order valence-corrected chi connectivity index (χ1v) is 11.1. The molecule has 0 saturated heterocycles. The highest BCUT2D eigenvalue weighted by atomic mass is 32.2. The SMILES string of the molecule is Cc1cc(SCc2ccnc3nc(-c4ccc(C(F)(F)F)cc4)[nH]c23)ccc1CCC(=O)O. The molecule has 2 aromatic heterocycles. The predicted molar refractivity (Wildman–Crippen MR) is 121 cm³/mol. The number of carbonyl (C=O) groups is 1. The summed E-state index contributed by atoms with van der Waals surface area (Å²) in [5, 5.41) is 8.87. The second-order valence-corrected chi connectivity index (χ2v) is 8.65. The van der Waals surface area contributed by atoms with Crippen LogP contribution in [-0.2, 0) is 23.1 Å². The number of aliphatic carboxylic acids is 1. The van der Waals surface area contributed by atoms with Crippen LogP contribution in [0.25, 0.3) is 22.6 Å². The Labute approximate surface area is 192 Å². The van der Waals surface area contributed by atoms with Crippen molar-refractivity contribution >= 4 is 28.9 Å². The van der Waals surface area contributed by atoms with E-state index in [0.717, 1.165) is 39.2 Å². The summed E-state index contributed by atoms with van der Waals surface area (Å²) in [4.78, 5) is 23.8. The molecule has 9 heteroatoms. The molecule has 33 heavy (non-hydrogen) atoms. The summed E-state index contributed by atoms with van der Waals surface area (Å²) in [6.07, 6.45) is -2.12. The van der Waals surface area contributed by atoms with Gasteiger partial charge in [0.05, 0.1) is 11.1 Å². The maximum absolute atomic E-state index is 12.8. The van der Waals surface area contributed by atoms with E-state index < -0.39 is 17.7 Å². The summed E-state index contributed by atoms with van der Waals surface area (Å²) >= 11 is 1.63. The average Bonchev–Trinajstić information content (AvgIpc) is 3.21. The van der Waals surface area contributed by atoms with Crippen LogP contribution in [-0.4, -0.2) is 26.0 Å². The van der Waals surface area contributed by atoms with Crippen LogP contribution in [0.2, 0.25) is 0 Å². The van der Waals surface area contributed by atoms with Crippen LogP contribution in [0.1, 0.15) is 28.7 Å². The van der Waals surface area contributed by atoms with Gasteiger partial charge in [-0.3, -0.25) is 4.79 Å². The number of rotatable bonds is 7. The Morgan fingerprint density at radius 1 is 1.09 bits per heavy atom. The van der Waals surface area contributed by atoms with Crippen molar-refractivity contribution in [3.8, 4) is 11.4 Å². The zero-order valence-electron chi connectivity index (χ0n) is 17.6. The van der Waals surface area contributed by atoms with Crippen molar-refractivity contribution in [2.24, 2.45) is 0 Å². The zero-order valence-corrected chi connectivity index (χ0v) is 18.4. The number of nitrogens with zero attached hydrogens (tertiary/aromatic N) is 2. The van der Waals surface area contributed by atoms with Crippen LogP contribution in [0.15, 0.2) is 59.6 Å². The molecule has 4 rings (SSSR count). The third-order valence-electron chi connectivity index (χ3n) is 5.28. The molecule has 0 unspecified atom stereocenters. The lowest BCUT2D eigenvalue weighted by molar-refractivity contribution is -0.138. The number of aromatic amines is 1. The van der Waals surface area contributed by atoms with E-state index in [0.29, 0.717) is 29.2 Å². The number of nitrogens with one attached hydrogen (secondary N) is 1. The van der Waals surface area contributed by atoms with Crippen LogP contribution >= 0.6 is 11.8 Å². The van der Waals surface area contributed by atoms with Gasteiger partial charge in [-0.1, -0.05) is 18.2 Å². The van der Waals surface area contributed by atoms with E-state index in [1.165, 1.54) is 12.1 Å². The number of H-pyrrole nitrogens is 1. The third-order valence-corrected chi connectivity index (χ3v) is 6.32. The van der Waals surface area contributed by atoms with Gasteiger partial charge in [0.25, 0.3) is 0 Å². The summed E-state index contributed by atoms with van der Waals surface area (Å²) in [5.41, 5.74) is 4.13.